The molecular weight excluding hydrogens is 466 g/mol. The number of carbonyl (C=O) groups excluding carboxylic acids is 1. The normalized spacial score (nSPS) is 19.1. The number of aromatic nitrogens is 1. The molecular formula is C26H27N3O5S. The highest BCUT2D eigenvalue weighted by atomic mass is 32.2. The third-order valence-electron chi connectivity index (χ3n) is 6.80. The van der Waals surface area contributed by atoms with Crippen molar-refractivity contribution < 1.29 is 17.9 Å². The Kier molecular flexibility index (Phi) is 5.88. The minimum absolute atomic E-state index is 0.0140. The van der Waals surface area contributed by atoms with E-state index in [0.29, 0.717) is 30.9 Å². The Morgan fingerprint density at radius 3 is 2.37 bits per heavy atom. The summed E-state index contributed by atoms with van der Waals surface area (Å²) in [5.41, 5.74) is 2.05. The maximum absolute atomic E-state index is 13.2. The Hall–Kier alpha value is -3.59. The van der Waals surface area contributed by atoms with Gasteiger partial charge in [0, 0.05) is 36.8 Å². The van der Waals surface area contributed by atoms with Crippen LogP contribution in [0.25, 0.3) is 0 Å². The van der Waals surface area contributed by atoms with Gasteiger partial charge in [0.05, 0.1) is 12.0 Å². The van der Waals surface area contributed by atoms with Gasteiger partial charge in [0.15, 0.2) is 0 Å². The fourth-order valence-corrected chi connectivity index (χ4v) is 6.08. The van der Waals surface area contributed by atoms with Gasteiger partial charge in [0.2, 0.25) is 0 Å². The summed E-state index contributed by atoms with van der Waals surface area (Å²) in [5.74, 6) is 0.782. The van der Waals surface area contributed by atoms with E-state index in [9.17, 15) is 18.0 Å². The number of benzene rings is 2. The van der Waals surface area contributed by atoms with Gasteiger partial charge in [-0.25, -0.2) is 8.42 Å². The van der Waals surface area contributed by atoms with Crippen molar-refractivity contribution in [3.8, 4) is 5.75 Å². The minimum Gasteiger partial charge on any atom is -0.497 e. The van der Waals surface area contributed by atoms with Crippen LogP contribution in [0.4, 0.5) is 5.69 Å². The number of hydrogen-bond donors (Lipinski definition) is 1. The van der Waals surface area contributed by atoms with Gasteiger partial charge in [-0.15, -0.1) is 0 Å². The Bertz CT molecular complexity index is 1430. The zero-order chi connectivity index (χ0) is 24.7. The molecule has 9 heteroatoms. The van der Waals surface area contributed by atoms with E-state index in [1.54, 1.807) is 54.1 Å². The first kappa shape index (κ1) is 23.2. The Balaban J connectivity index is 1.38. The van der Waals surface area contributed by atoms with Crippen LogP contribution in [0.3, 0.4) is 0 Å². The monoisotopic (exact) mass is 493 g/mol. The molecule has 5 rings (SSSR count). The molecule has 0 saturated carbocycles. The molecule has 0 spiro atoms. The van der Waals surface area contributed by atoms with E-state index in [1.807, 2.05) is 11.8 Å². The minimum atomic E-state index is -3.88. The van der Waals surface area contributed by atoms with Crippen molar-refractivity contribution in [3.05, 3.63) is 87.8 Å². The van der Waals surface area contributed by atoms with E-state index < -0.39 is 10.0 Å². The number of hydrogen-bond acceptors (Lipinski definition) is 5. The molecule has 2 aromatic carbocycles. The third kappa shape index (κ3) is 4.43. The fraction of sp³-hybridized carbons (Fsp3) is 0.308. The number of piperidine rings is 1. The first-order chi connectivity index (χ1) is 16.7. The number of nitrogens with one attached hydrogen (secondary N) is 1. The number of pyridine rings is 1. The average Bonchev–Trinajstić information content (AvgIpc) is 2.85. The number of amides is 1. The molecule has 0 aliphatic carbocycles. The van der Waals surface area contributed by atoms with Crippen LogP contribution in [-0.4, -0.2) is 44.0 Å². The van der Waals surface area contributed by atoms with E-state index >= 15 is 0 Å². The zero-order valence-corrected chi connectivity index (χ0v) is 20.4. The Labute approximate surface area is 204 Å². The number of rotatable bonds is 5. The number of nitrogens with zero attached hydrogens (tertiary/aromatic N) is 2. The molecule has 0 radical (unpaired) electrons. The smallest absolute Gasteiger partial charge is 0.275 e. The highest BCUT2D eigenvalue weighted by molar-refractivity contribution is 7.92. The van der Waals surface area contributed by atoms with Gasteiger partial charge in [-0.05, 0) is 67.8 Å². The summed E-state index contributed by atoms with van der Waals surface area (Å²) in [7, 11) is -2.29. The number of likely N-dealkylation sites (tertiary alicyclic amines) is 1. The topological polar surface area (TPSA) is 97.7 Å². The van der Waals surface area contributed by atoms with Crippen molar-refractivity contribution >= 4 is 21.6 Å². The molecule has 3 aromatic rings. The molecule has 2 aliphatic heterocycles. The second kappa shape index (κ2) is 8.88. The molecule has 2 atom stereocenters. The number of methoxy groups -OCH3 is 1. The van der Waals surface area contributed by atoms with E-state index in [2.05, 4.69) is 4.72 Å². The molecule has 35 heavy (non-hydrogen) atoms. The van der Waals surface area contributed by atoms with Gasteiger partial charge in [0.1, 0.15) is 11.4 Å². The lowest BCUT2D eigenvalue weighted by molar-refractivity contribution is 0.0594. The summed E-state index contributed by atoms with van der Waals surface area (Å²) in [4.78, 5) is 28.3. The summed E-state index contributed by atoms with van der Waals surface area (Å²) >= 11 is 0. The largest absolute Gasteiger partial charge is 0.497 e. The summed E-state index contributed by atoms with van der Waals surface area (Å²) in [6, 6.07) is 16.9. The fourth-order valence-electron chi connectivity index (χ4n) is 5.03. The lowest BCUT2D eigenvalue weighted by atomic mass is 9.83. The van der Waals surface area contributed by atoms with Gasteiger partial charge >= 0.3 is 0 Å². The van der Waals surface area contributed by atoms with Crippen molar-refractivity contribution in [1.82, 2.24) is 9.47 Å². The summed E-state index contributed by atoms with van der Waals surface area (Å²) in [5, 5.41) is 0. The summed E-state index contributed by atoms with van der Waals surface area (Å²) < 4.78 is 34.9. The van der Waals surface area contributed by atoms with Crippen molar-refractivity contribution in [1.29, 1.82) is 0 Å². The highest BCUT2D eigenvalue weighted by Gasteiger charge is 2.37. The van der Waals surface area contributed by atoms with Gasteiger partial charge < -0.3 is 14.2 Å². The number of carbonyl (C=O) groups is 1. The van der Waals surface area contributed by atoms with E-state index in [1.165, 1.54) is 18.2 Å². The van der Waals surface area contributed by atoms with Crippen LogP contribution in [0.2, 0.25) is 0 Å². The van der Waals surface area contributed by atoms with Crippen LogP contribution < -0.4 is 15.0 Å². The molecule has 8 nitrogen and oxygen atoms in total. The quantitative estimate of drug-likeness (QED) is 0.589. The first-order valence-corrected chi connectivity index (χ1v) is 13.0. The van der Waals surface area contributed by atoms with Crippen LogP contribution in [0, 0.1) is 12.8 Å². The number of fused-ring (bicyclic) bond motifs is 4. The molecule has 182 valence electrons. The molecule has 1 saturated heterocycles. The molecule has 2 bridgehead atoms. The van der Waals surface area contributed by atoms with E-state index in [-0.39, 0.29) is 33.9 Å². The van der Waals surface area contributed by atoms with Crippen molar-refractivity contribution in [2.24, 2.45) is 5.92 Å². The number of aryl methyl sites for hydroxylation is 1. The van der Waals surface area contributed by atoms with E-state index in [0.717, 1.165) is 17.7 Å². The second-order valence-corrected chi connectivity index (χ2v) is 10.9. The zero-order valence-electron chi connectivity index (χ0n) is 19.6. The van der Waals surface area contributed by atoms with Crippen LogP contribution >= 0.6 is 0 Å². The van der Waals surface area contributed by atoms with Crippen LogP contribution in [0.5, 0.6) is 5.75 Å². The molecule has 0 unspecified atom stereocenters. The van der Waals surface area contributed by atoms with Gasteiger partial charge in [0.25, 0.3) is 21.5 Å². The Morgan fingerprint density at radius 1 is 0.971 bits per heavy atom. The molecule has 1 amide bonds. The standard InChI is InChI=1S/C26H27N3O5S/c1-17-3-9-22(10-4-17)35(32,33)27-23-11-12-24-20-13-18(15-29(24)26(23)31)14-28(16-20)25(30)19-5-7-21(34-2)8-6-19/h3-12,18,20,27H,13-16H2,1-2H3/t18-,20-/m1/s1. The predicted molar refractivity (Wildman–Crippen MR) is 132 cm³/mol. The van der Waals surface area contributed by atoms with Gasteiger partial charge in [-0.3, -0.25) is 14.3 Å². The highest BCUT2D eigenvalue weighted by Crippen LogP contribution is 2.36. The van der Waals surface area contributed by atoms with Crippen molar-refractivity contribution in [3.63, 3.8) is 0 Å². The lowest BCUT2D eigenvalue weighted by Gasteiger charge is -2.43. The molecule has 1 N–H and O–H groups in total. The molecule has 1 fully saturated rings. The summed E-state index contributed by atoms with van der Waals surface area (Å²) in [6.07, 6.45) is 0.889. The maximum Gasteiger partial charge on any atom is 0.275 e. The average molecular weight is 494 g/mol. The maximum atomic E-state index is 13.2. The van der Waals surface area contributed by atoms with Crippen molar-refractivity contribution in [2.45, 2.75) is 30.7 Å². The molecule has 1 aromatic heterocycles. The molecule has 3 heterocycles. The van der Waals surface area contributed by atoms with Crippen LogP contribution in [0.15, 0.2) is 70.4 Å². The van der Waals surface area contributed by atoms with Gasteiger partial charge in [-0.2, -0.15) is 0 Å². The van der Waals surface area contributed by atoms with Crippen LogP contribution in [0.1, 0.15) is 34.0 Å². The predicted octanol–water partition coefficient (Wildman–Crippen LogP) is 3.23. The Morgan fingerprint density at radius 2 is 1.69 bits per heavy atom. The summed E-state index contributed by atoms with van der Waals surface area (Å²) in [6.45, 7) is 3.38. The number of sulfonamides is 1. The van der Waals surface area contributed by atoms with Gasteiger partial charge in [-0.1, -0.05) is 17.7 Å². The first-order valence-electron chi connectivity index (χ1n) is 11.5. The SMILES string of the molecule is COc1ccc(C(=O)N2C[C@H]3C[C@H](C2)c2ccc(NS(=O)(=O)c4ccc(C)cc4)c(=O)n2C3)cc1. The van der Waals surface area contributed by atoms with E-state index in [4.69, 9.17) is 4.74 Å². The molecule has 2 aliphatic rings. The number of anilines is 1. The lowest BCUT2D eigenvalue weighted by Crippen LogP contribution is -2.49. The second-order valence-electron chi connectivity index (χ2n) is 9.24. The van der Waals surface area contributed by atoms with Crippen molar-refractivity contribution in [2.75, 3.05) is 24.9 Å². The van der Waals surface area contributed by atoms with Crippen LogP contribution in [-0.2, 0) is 16.6 Å². The number of ether oxygens (including phenoxy) is 1. The third-order valence-corrected chi connectivity index (χ3v) is 8.19.